The SMILES string of the molecule is Cc1cc(-n2nc(C(C)(C)C)c3c2N=C2CC(C)(C)CC(=O)C2C3c2ccccc2Cl)ccc1Cl. The van der Waals surface area contributed by atoms with E-state index in [9.17, 15) is 4.79 Å². The average molecular weight is 508 g/mol. The van der Waals surface area contributed by atoms with Crippen molar-refractivity contribution in [2.75, 3.05) is 0 Å². The molecule has 2 atom stereocenters. The molecule has 1 fully saturated rings. The molecule has 1 aliphatic carbocycles. The number of aryl methyl sites for hydroxylation is 1. The highest BCUT2D eigenvalue weighted by molar-refractivity contribution is 6.31. The zero-order valence-electron chi connectivity index (χ0n) is 21.1. The van der Waals surface area contributed by atoms with Crippen molar-refractivity contribution in [3.63, 3.8) is 0 Å². The van der Waals surface area contributed by atoms with E-state index in [4.69, 9.17) is 33.3 Å². The second-order valence-electron chi connectivity index (χ2n) is 11.7. The maximum atomic E-state index is 13.7. The normalized spacial score (nSPS) is 21.4. The van der Waals surface area contributed by atoms with Crippen LogP contribution in [0.3, 0.4) is 0 Å². The third-order valence-corrected chi connectivity index (χ3v) is 7.91. The van der Waals surface area contributed by atoms with Crippen molar-refractivity contribution in [2.24, 2.45) is 16.3 Å². The minimum absolute atomic E-state index is 0.135. The van der Waals surface area contributed by atoms with Gasteiger partial charge in [-0.15, -0.1) is 0 Å². The lowest BCUT2D eigenvalue weighted by Crippen LogP contribution is -2.43. The van der Waals surface area contributed by atoms with Gasteiger partial charge >= 0.3 is 0 Å². The quantitative estimate of drug-likeness (QED) is 0.352. The fourth-order valence-corrected chi connectivity index (χ4v) is 5.96. The van der Waals surface area contributed by atoms with Crippen LogP contribution in [0.2, 0.25) is 10.0 Å². The van der Waals surface area contributed by atoms with Gasteiger partial charge in [-0.25, -0.2) is 9.67 Å². The van der Waals surface area contributed by atoms with E-state index in [1.807, 2.05) is 54.1 Å². The summed E-state index contributed by atoms with van der Waals surface area (Å²) in [5.74, 6) is 0.455. The summed E-state index contributed by atoms with van der Waals surface area (Å²) in [6.45, 7) is 12.7. The molecule has 2 heterocycles. The number of hydrogen-bond donors (Lipinski definition) is 0. The van der Waals surface area contributed by atoms with E-state index < -0.39 is 0 Å². The molecule has 3 aromatic rings. The van der Waals surface area contributed by atoms with Gasteiger partial charge in [0.2, 0.25) is 0 Å². The minimum atomic E-state index is -0.332. The molecule has 4 nitrogen and oxygen atoms in total. The molecular weight excluding hydrogens is 477 g/mol. The summed E-state index contributed by atoms with van der Waals surface area (Å²) >= 11 is 13.1. The van der Waals surface area contributed by atoms with Crippen molar-refractivity contribution in [3.8, 4) is 5.69 Å². The number of rotatable bonds is 2. The second kappa shape index (κ2) is 8.31. The molecule has 2 unspecified atom stereocenters. The monoisotopic (exact) mass is 507 g/mol. The molecule has 5 rings (SSSR count). The zero-order chi connectivity index (χ0) is 25.3. The van der Waals surface area contributed by atoms with E-state index >= 15 is 0 Å². The van der Waals surface area contributed by atoms with Crippen molar-refractivity contribution >= 4 is 40.5 Å². The number of hydrogen-bond acceptors (Lipinski definition) is 3. The van der Waals surface area contributed by atoms with E-state index in [2.05, 4.69) is 34.6 Å². The predicted octanol–water partition coefficient (Wildman–Crippen LogP) is 8.01. The lowest BCUT2D eigenvalue weighted by Gasteiger charge is -2.41. The molecule has 182 valence electrons. The molecule has 0 N–H and O–H groups in total. The predicted molar refractivity (Wildman–Crippen MR) is 144 cm³/mol. The Hall–Kier alpha value is -2.43. The number of nitrogens with zero attached hydrogens (tertiary/aromatic N) is 3. The first-order chi connectivity index (χ1) is 16.4. The van der Waals surface area contributed by atoms with Crippen LogP contribution in [0.25, 0.3) is 5.69 Å². The highest BCUT2D eigenvalue weighted by Crippen LogP contribution is 2.53. The van der Waals surface area contributed by atoms with Crippen LogP contribution in [0, 0.1) is 18.3 Å². The van der Waals surface area contributed by atoms with Crippen molar-refractivity contribution < 1.29 is 4.79 Å². The van der Waals surface area contributed by atoms with Crippen LogP contribution in [0.5, 0.6) is 0 Å². The van der Waals surface area contributed by atoms with Crippen LogP contribution in [-0.2, 0) is 10.2 Å². The first kappa shape index (κ1) is 24.3. The fourth-order valence-electron chi connectivity index (χ4n) is 5.59. The topological polar surface area (TPSA) is 47.2 Å². The average Bonchev–Trinajstić information content (AvgIpc) is 3.13. The summed E-state index contributed by atoms with van der Waals surface area (Å²) in [6.07, 6.45) is 1.29. The molecule has 1 aromatic heterocycles. The van der Waals surface area contributed by atoms with Gasteiger partial charge in [0.1, 0.15) is 5.78 Å². The van der Waals surface area contributed by atoms with Crippen LogP contribution in [-0.4, -0.2) is 21.3 Å². The van der Waals surface area contributed by atoms with Crippen molar-refractivity contribution in [1.82, 2.24) is 9.78 Å². The van der Waals surface area contributed by atoms with Gasteiger partial charge in [0.25, 0.3) is 0 Å². The summed E-state index contributed by atoms with van der Waals surface area (Å²) in [7, 11) is 0. The number of carbonyl (C=O) groups excluding carboxylic acids is 1. The third kappa shape index (κ3) is 4.15. The van der Waals surface area contributed by atoms with E-state index in [1.165, 1.54) is 0 Å². The maximum absolute atomic E-state index is 13.7. The molecule has 0 bridgehead atoms. The van der Waals surface area contributed by atoms with Gasteiger partial charge in [-0.1, -0.05) is 76.0 Å². The van der Waals surface area contributed by atoms with Crippen LogP contribution in [0.15, 0.2) is 47.5 Å². The highest BCUT2D eigenvalue weighted by Gasteiger charge is 2.49. The van der Waals surface area contributed by atoms with E-state index in [0.29, 0.717) is 16.5 Å². The van der Waals surface area contributed by atoms with Gasteiger partial charge in [-0.3, -0.25) is 4.79 Å². The molecule has 0 spiro atoms. The first-order valence-electron chi connectivity index (χ1n) is 12.1. The van der Waals surface area contributed by atoms with Crippen molar-refractivity contribution in [2.45, 2.75) is 65.7 Å². The molecule has 1 saturated carbocycles. The molecule has 2 aliphatic rings. The molecular formula is C29H31Cl2N3O. The second-order valence-corrected chi connectivity index (χ2v) is 12.6. The number of halogens is 2. The highest BCUT2D eigenvalue weighted by atomic mass is 35.5. The third-order valence-electron chi connectivity index (χ3n) is 7.15. The number of aromatic nitrogens is 2. The summed E-state index contributed by atoms with van der Waals surface area (Å²) in [4.78, 5) is 18.9. The molecule has 0 amide bonds. The van der Waals surface area contributed by atoms with Gasteiger partial charge < -0.3 is 0 Å². The molecule has 0 saturated heterocycles. The van der Waals surface area contributed by atoms with Crippen LogP contribution < -0.4 is 0 Å². The minimum Gasteiger partial charge on any atom is -0.299 e. The van der Waals surface area contributed by atoms with Crippen LogP contribution >= 0.6 is 23.2 Å². The Balaban J connectivity index is 1.86. The Kier molecular flexibility index (Phi) is 5.77. The lowest BCUT2D eigenvalue weighted by atomic mass is 9.63. The van der Waals surface area contributed by atoms with Crippen molar-refractivity contribution in [1.29, 1.82) is 0 Å². The smallest absolute Gasteiger partial charge is 0.159 e. The Morgan fingerprint density at radius 3 is 2.37 bits per heavy atom. The van der Waals surface area contributed by atoms with Crippen molar-refractivity contribution in [3.05, 3.63) is 74.9 Å². The lowest BCUT2D eigenvalue weighted by molar-refractivity contribution is -0.124. The van der Waals surface area contributed by atoms with Gasteiger partial charge in [-0.05, 0) is 54.2 Å². The number of Topliss-reactive ketones (excluding diaryl/α,β-unsaturated/α-hetero) is 1. The summed E-state index contributed by atoms with van der Waals surface area (Å²) in [5.41, 5.74) is 5.30. The number of aliphatic imine (C=N–C) groups is 1. The maximum Gasteiger partial charge on any atom is 0.159 e. The number of benzene rings is 2. The Morgan fingerprint density at radius 1 is 1.00 bits per heavy atom. The van der Waals surface area contributed by atoms with E-state index in [-0.39, 0.29) is 28.4 Å². The summed E-state index contributed by atoms with van der Waals surface area (Å²) in [5, 5.41) is 6.52. The van der Waals surface area contributed by atoms with E-state index in [1.54, 1.807) is 0 Å². The molecule has 1 aliphatic heterocycles. The summed E-state index contributed by atoms with van der Waals surface area (Å²) < 4.78 is 1.93. The Morgan fingerprint density at radius 2 is 1.71 bits per heavy atom. The fraction of sp³-hybridized carbons (Fsp3) is 0.414. The molecule has 0 radical (unpaired) electrons. The van der Waals surface area contributed by atoms with Gasteiger partial charge in [0, 0.05) is 39.1 Å². The van der Waals surface area contributed by atoms with Crippen LogP contribution in [0.4, 0.5) is 5.82 Å². The number of fused-ring (bicyclic) bond motifs is 2. The standard InChI is InChI=1S/C29H31Cl2N3O/c1-16-13-17(11-12-19(16)30)34-27-25(26(33-34)28(2,3)4)23(18-9-7-8-10-20(18)31)24-21(32-27)14-29(5,6)15-22(24)35/h7-13,23-24H,14-15H2,1-6H3. The van der Waals surface area contributed by atoms with Crippen LogP contribution in [0.1, 0.15) is 75.8 Å². The molecule has 35 heavy (non-hydrogen) atoms. The largest absolute Gasteiger partial charge is 0.299 e. The number of carbonyl (C=O) groups is 1. The molecule has 6 heteroatoms. The Bertz CT molecular complexity index is 1380. The molecule has 2 aromatic carbocycles. The summed E-state index contributed by atoms with van der Waals surface area (Å²) in [6, 6.07) is 13.8. The zero-order valence-corrected chi connectivity index (χ0v) is 22.6. The van der Waals surface area contributed by atoms with Gasteiger partial charge in [0.15, 0.2) is 5.82 Å². The van der Waals surface area contributed by atoms with Gasteiger partial charge in [0.05, 0.1) is 17.3 Å². The number of ketones is 1. The first-order valence-corrected chi connectivity index (χ1v) is 12.9. The van der Waals surface area contributed by atoms with E-state index in [0.717, 1.165) is 46.0 Å². The Labute approximate surface area is 217 Å². The van der Waals surface area contributed by atoms with Gasteiger partial charge in [-0.2, -0.15) is 5.10 Å².